The SMILES string of the molecule is C=NC(=NC1CCOCC1)Nc1c(C)nc(Nc2cccc(Cl)c2C)n1C1CCC(C(N)=O)CC1. The highest BCUT2D eigenvalue weighted by molar-refractivity contribution is 6.31. The third kappa shape index (κ3) is 5.85. The fourth-order valence-electron chi connectivity index (χ4n) is 4.83. The van der Waals surface area contributed by atoms with Crippen LogP contribution in [-0.4, -0.2) is 47.4 Å². The van der Waals surface area contributed by atoms with Gasteiger partial charge in [-0.05, 0) is 76.8 Å². The molecule has 1 aliphatic carbocycles. The summed E-state index contributed by atoms with van der Waals surface area (Å²) < 4.78 is 7.62. The first-order valence-corrected chi connectivity index (χ1v) is 12.5. The number of imidazole rings is 1. The number of hydrogen-bond donors (Lipinski definition) is 3. The number of amides is 1. The van der Waals surface area contributed by atoms with E-state index >= 15 is 0 Å². The number of primary amides is 1. The average Bonchev–Trinajstić information content (AvgIpc) is 3.16. The third-order valence-corrected chi connectivity index (χ3v) is 7.35. The van der Waals surface area contributed by atoms with Gasteiger partial charge >= 0.3 is 0 Å². The van der Waals surface area contributed by atoms with E-state index < -0.39 is 0 Å². The zero-order chi connectivity index (χ0) is 24.9. The van der Waals surface area contributed by atoms with Crippen LogP contribution in [0.1, 0.15) is 55.8 Å². The van der Waals surface area contributed by atoms with Crippen LogP contribution in [0.15, 0.2) is 28.2 Å². The number of ether oxygens (including phenoxy) is 1. The Hall–Kier alpha value is -2.91. The minimum Gasteiger partial charge on any atom is -0.381 e. The fourth-order valence-corrected chi connectivity index (χ4v) is 5.00. The monoisotopic (exact) mass is 499 g/mol. The number of aromatic nitrogens is 2. The number of hydrogen-bond acceptors (Lipinski definition) is 5. The van der Waals surface area contributed by atoms with E-state index in [0.717, 1.165) is 61.3 Å². The molecule has 4 N–H and O–H groups in total. The molecule has 0 spiro atoms. The Kier molecular flexibility index (Phi) is 8.07. The largest absolute Gasteiger partial charge is 0.381 e. The molecule has 9 nitrogen and oxygen atoms in total. The first kappa shape index (κ1) is 25.2. The maximum absolute atomic E-state index is 11.7. The summed E-state index contributed by atoms with van der Waals surface area (Å²) in [6.07, 6.45) is 4.84. The molecule has 2 aromatic rings. The second kappa shape index (κ2) is 11.2. The van der Waals surface area contributed by atoms with Crippen molar-refractivity contribution in [2.75, 3.05) is 23.8 Å². The van der Waals surface area contributed by atoms with Gasteiger partial charge < -0.3 is 21.1 Å². The molecule has 2 heterocycles. The number of carbonyl (C=O) groups is 1. The normalized spacial score (nSPS) is 21.5. The number of guanidine groups is 1. The summed E-state index contributed by atoms with van der Waals surface area (Å²) in [6.45, 7) is 9.07. The first-order chi connectivity index (χ1) is 16.9. The van der Waals surface area contributed by atoms with Gasteiger partial charge in [-0.25, -0.2) is 15.0 Å². The highest BCUT2D eigenvalue weighted by atomic mass is 35.5. The number of nitrogens with zero attached hydrogens (tertiary/aromatic N) is 4. The topological polar surface area (TPSA) is 119 Å². The van der Waals surface area contributed by atoms with Crippen molar-refractivity contribution in [3.05, 3.63) is 34.5 Å². The van der Waals surface area contributed by atoms with Crippen LogP contribution in [-0.2, 0) is 9.53 Å². The molecular formula is C25H34ClN7O2. The molecule has 0 bridgehead atoms. The zero-order valence-electron chi connectivity index (χ0n) is 20.4. The van der Waals surface area contributed by atoms with Gasteiger partial charge in [0.15, 0.2) is 0 Å². The Morgan fingerprint density at radius 1 is 1.20 bits per heavy atom. The van der Waals surface area contributed by atoms with Gasteiger partial charge in [0.1, 0.15) is 5.82 Å². The van der Waals surface area contributed by atoms with E-state index in [1.807, 2.05) is 32.0 Å². The van der Waals surface area contributed by atoms with E-state index in [1.165, 1.54) is 0 Å². The highest BCUT2D eigenvalue weighted by Gasteiger charge is 2.30. The summed E-state index contributed by atoms with van der Waals surface area (Å²) in [5, 5.41) is 7.57. The molecule has 1 aromatic heterocycles. The quantitative estimate of drug-likeness (QED) is 0.391. The van der Waals surface area contributed by atoms with Crippen LogP contribution in [0.3, 0.4) is 0 Å². The summed E-state index contributed by atoms with van der Waals surface area (Å²) in [5.41, 5.74) is 8.23. The van der Waals surface area contributed by atoms with Crippen molar-refractivity contribution in [1.82, 2.24) is 9.55 Å². The van der Waals surface area contributed by atoms with Crippen LogP contribution < -0.4 is 16.4 Å². The zero-order valence-corrected chi connectivity index (χ0v) is 21.1. The van der Waals surface area contributed by atoms with Gasteiger partial charge in [-0.15, -0.1) is 0 Å². The summed E-state index contributed by atoms with van der Waals surface area (Å²) in [6, 6.07) is 6.04. The molecule has 1 aromatic carbocycles. The number of halogens is 1. The van der Waals surface area contributed by atoms with Gasteiger partial charge in [0.2, 0.25) is 17.8 Å². The number of nitrogens with two attached hydrogens (primary N) is 1. The summed E-state index contributed by atoms with van der Waals surface area (Å²) in [7, 11) is 0. The van der Waals surface area contributed by atoms with Crippen molar-refractivity contribution >= 4 is 47.6 Å². The molecular weight excluding hydrogens is 466 g/mol. The van der Waals surface area contributed by atoms with Crippen LogP contribution in [0.4, 0.5) is 17.5 Å². The van der Waals surface area contributed by atoms with Crippen molar-refractivity contribution in [1.29, 1.82) is 0 Å². The number of nitrogens with one attached hydrogen (secondary N) is 2. The molecule has 1 saturated carbocycles. The molecule has 1 saturated heterocycles. The standard InChI is InChI=1S/C25H34ClN7O2/c1-15-20(26)5-4-6-21(15)31-25-29-16(2)23(32-24(28-3)30-18-11-13-35-14-12-18)33(25)19-9-7-17(8-10-19)22(27)34/h4-6,17-19H,3,7-14H2,1-2H3,(H2,27,34)(H,29,31)(H,30,32). The Labute approximate surface area is 211 Å². The molecule has 0 atom stereocenters. The van der Waals surface area contributed by atoms with Gasteiger partial charge in [0, 0.05) is 35.9 Å². The Balaban J connectivity index is 1.68. The third-order valence-electron chi connectivity index (χ3n) is 6.94. The lowest BCUT2D eigenvalue weighted by Gasteiger charge is -2.30. The minimum absolute atomic E-state index is 0.0839. The first-order valence-electron chi connectivity index (χ1n) is 12.2. The number of anilines is 3. The van der Waals surface area contributed by atoms with Crippen molar-refractivity contribution < 1.29 is 9.53 Å². The van der Waals surface area contributed by atoms with E-state index in [4.69, 9.17) is 32.0 Å². The number of rotatable bonds is 6. The molecule has 1 amide bonds. The lowest BCUT2D eigenvalue weighted by Crippen LogP contribution is -2.29. The Morgan fingerprint density at radius 2 is 1.91 bits per heavy atom. The van der Waals surface area contributed by atoms with Crippen LogP contribution >= 0.6 is 11.6 Å². The number of aryl methyl sites for hydroxylation is 1. The van der Waals surface area contributed by atoms with E-state index in [9.17, 15) is 4.79 Å². The smallest absolute Gasteiger partial charge is 0.223 e. The van der Waals surface area contributed by atoms with Crippen molar-refractivity contribution in [3.63, 3.8) is 0 Å². The lowest BCUT2D eigenvalue weighted by molar-refractivity contribution is -0.122. The summed E-state index contributed by atoms with van der Waals surface area (Å²) in [5.74, 6) is 1.68. The van der Waals surface area contributed by atoms with Crippen molar-refractivity contribution in [2.45, 2.75) is 64.5 Å². The van der Waals surface area contributed by atoms with Gasteiger partial charge in [-0.1, -0.05) is 17.7 Å². The molecule has 1 aliphatic heterocycles. The molecule has 10 heteroatoms. The van der Waals surface area contributed by atoms with E-state index in [1.54, 1.807) is 0 Å². The van der Waals surface area contributed by atoms with Crippen LogP contribution in [0.5, 0.6) is 0 Å². The predicted octanol–water partition coefficient (Wildman–Crippen LogP) is 4.76. The number of aliphatic imine (C=N–C) groups is 2. The maximum Gasteiger partial charge on any atom is 0.223 e. The molecule has 35 heavy (non-hydrogen) atoms. The lowest BCUT2D eigenvalue weighted by atomic mass is 9.85. The average molecular weight is 500 g/mol. The summed E-state index contributed by atoms with van der Waals surface area (Å²) in [4.78, 5) is 25.6. The van der Waals surface area contributed by atoms with E-state index in [2.05, 4.69) is 26.9 Å². The molecule has 0 unspecified atom stereocenters. The molecule has 2 aliphatic rings. The molecule has 2 fully saturated rings. The van der Waals surface area contributed by atoms with Crippen LogP contribution in [0.25, 0.3) is 0 Å². The minimum atomic E-state index is -0.224. The van der Waals surface area contributed by atoms with E-state index in [-0.39, 0.29) is 23.9 Å². The molecule has 4 rings (SSSR count). The second-order valence-electron chi connectivity index (χ2n) is 9.26. The van der Waals surface area contributed by atoms with Gasteiger partial charge in [-0.2, -0.15) is 0 Å². The maximum atomic E-state index is 11.7. The second-order valence-corrected chi connectivity index (χ2v) is 9.67. The number of carbonyl (C=O) groups excluding carboxylic acids is 1. The summed E-state index contributed by atoms with van der Waals surface area (Å²) >= 11 is 6.36. The number of benzene rings is 1. The Bertz CT molecular complexity index is 1100. The van der Waals surface area contributed by atoms with E-state index in [0.29, 0.717) is 30.1 Å². The van der Waals surface area contributed by atoms with Gasteiger partial charge in [-0.3, -0.25) is 9.36 Å². The van der Waals surface area contributed by atoms with Gasteiger partial charge in [0.25, 0.3) is 0 Å². The van der Waals surface area contributed by atoms with Crippen LogP contribution in [0, 0.1) is 19.8 Å². The van der Waals surface area contributed by atoms with Crippen molar-refractivity contribution in [2.24, 2.45) is 21.6 Å². The van der Waals surface area contributed by atoms with Crippen molar-refractivity contribution in [3.8, 4) is 0 Å². The fraction of sp³-hybridized carbons (Fsp3) is 0.520. The Morgan fingerprint density at radius 3 is 2.57 bits per heavy atom. The predicted molar refractivity (Wildman–Crippen MR) is 141 cm³/mol. The molecule has 188 valence electrons. The van der Waals surface area contributed by atoms with Crippen LogP contribution in [0.2, 0.25) is 5.02 Å². The van der Waals surface area contributed by atoms with Gasteiger partial charge in [0.05, 0.1) is 11.7 Å². The highest BCUT2D eigenvalue weighted by Crippen LogP contribution is 2.39. The molecule has 0 radical (unpaired) electrons.